The summed E-state index contributed by atoms with van der Waals surface area (Å²) < 4.78 is 5.46. The largest absolute Gasteiger partial charge is 0.477 e. The number of aliphatic hydroxyl groups excluding tert-OH is 2. The van der Waals surface area contributed by atoms with Crippen molar-refractivity contribution < 1.29 is 29.6 Å². The van der Waals surface area contributed by atoms with Crippen LogP contribution in [0, 0.1) is 0 Å². The molecule has 178 valence electrons. The van der Waals surface area contributed by atoms with E-state index in [1.54, 1.807) is 18.2 Å². The van der Waals surface area contributed by atoms with Crippen molar-refractivity contribution in [2.24, 2.45) is 0 Å². The van der Waals surface area contributed by atoms with Crippen LogP contribution in [0.25, 0.3) is 22.0 Å². The van der Waals surface area contributed by atoms with Crippen molar-refractivity contribution in [2.45, 2.75) is 18.1 Å². The average molecular weight is 472 g/mol. The Labute approximate surface area is 200 Å². The van der Waals surface area contributed by atoms with E-state index in [4.69, 9.17) is 9.84 Å². The maximum absolute atomic E-state index is 12.3. The van der Waals surface area contributed by atoms with Gasteiger partial charge in [-0.15, -0.1) is 0 Å². The SMILES string of the molecule is O=C(NCC(O)C(O)c1ccc2[nH]c(C(=O)O)cc2c1)OCC1c2ccccc2-c2ccccc21. The molecule has 5 rings (SSSR count). The van der Waals surface area contributed by atoms with E-state index >= 15 is 0 Å². The Hall–Kier alpha value is -4.14. The van der Waals surface area contributed by atoms with E-state index in [9.17, 15) is 19.8 Å². The molecule has 1 aliphatic carbocycles. The molecule has 0 spiro atoms. The molecule has 1 amide bonds. The van der Waals surface area contributed by atoms with E-state index in [0.717, 1.165) is 22.3 Å². The predicted molar refractivity (Wildman–Crippen MR) is 129 cm³/mol. The number of alkyl carbamates (subject to hydrolysis) is 1. The fraction of sp³-hybridized carbons (Fsp3) is 0.185. The summed E-state index contributed by atoms with van der Waals surface area (Å²) in [5.74, 6) is -1.16. The fourth-order valence-electron chi connectivity index (χ4n) is 4.62. The molecule has 35 heavy (non-hydrogen) atoms. The van der Waals surface area contributed by atoms with Crippen LogP contribution in [0.5, 0.6) is 0 Å². The molecule has 0 saturated heterocycles. The van der Waals surface area contributed by atoms with Crippen molar-refractivity contribution in [1.82, 2.24) is 10.3 Å². The Morgan fingerprint density at radius 3 is 2.26 bits per heavy atom. The van der Waals surface area contributed by atoms with Crippen LogP contribution in [0.2, 0.25) is 0 Å². The number of nitrogens with one attached hydrogen (secondary N) is 2. The Morgan fingerprint density at radius 2 is 1.60 bits per heavy atom. The number of carbonyl (C=O) groups excluding carboxylic acids is 1. The van der Waals surface area contributed by atoms with Gasteiger partial charge >= 0.3 is 12.1 Å². The van der Waals surface area contributed by atoms with Gasteiger partial charge in [-0.2, -0.15) is 0 Å². The number of aliphatic hydroxyl groups is 2. The smallest absolute Gasteiger partial charge is 0.407 e. The molecule has 0 radical (unpaired) electrons. The zero-order chi connectivity index (χ0) is 24.5. The third kappa shape index (κ3) is 4.37. The predicted octanol–water partition coefficient (Wildman–Crippen LogP) is 3.80. The maximum atomic E-state index is 12.3. The van der Waals surface area contributed by atoms with E-state index in [-0.39, 0.29) is 24.8 Å². The van der Waals surface area contributed by atoms with Gasteiger partial charge in [-0.25, -0.2) is 9.59 Å². The number of ether oxygens (including phenoxy) is 1. The molecule has 1 aliphatic rings. The molecule has 1 aromatic heterocycles. The molecule has 2 atom stereocenters. The number of hydrogen-bond acceptors (Lipinski definition) is 5. The molecule has 8 heteroatoms. The van der Waals surface area contributed by atoms with Crippen molar-refractivity contribution in [1.29, 1.82) is 0 Å². The second-order valence-corrected chi connectivity index (χ2v) is 8.55. The first kappa shape index (κ1) is 22.6. The topological polar surface area (TPSA) is 132 Å². The van der Waals surface area contributed by atoms with Crippen LogP contribution in [0.4, 0.5) is 4.79 Å². The Morgan fingerprint density at radius 1 is 0.943 bits per heavy atom. The normalized spacial score (nSPS) is 14.2. The quantitative estimate of drug-likeness (QED) is 0.278. The first-order valence-corrected chi connectivity index (χ1v) is 11.2. The van der Waals surface area contributed by atoms with Gasteiger partial charge in [-0.05, 0) is 46.0 Å². The summed E-state index contributed by atoms with van der Waals surface area (Å²) in [5.41, 5.74) is 5.49. The van der Waals surface area contributed by atoms with Crippen molar-refractivity contribution >= 4 is 23.0 Å². The minimum Gasteiger partial charge on any atom is -0.477 e. The number of carbonyl (C=O) groups is 2. The molecule has 1 heterocycles. The van der Waals surface area contributed by atoms with Gasteiger partial charge in [-0.3, -0.25) is 0 Å². The van der Waals surface area contributed by atoms with Crippen molar-refractivity contribution in [3.63, 3.8) is 0 Å². The Kier molecular flexibility index (Phi) is 5.98. The van der Waals surface area contributed by atoms with Gasteiger partial charge in [0.2, 0.25) is 0 Å². The van der Waals surface area contributed by atoms with Crippen molar-refractivity contribution in [2.75, 3.05) is 13.2 Å². The molecule has 0 fully saturated rings. The van der Waals surface area contributed by atoms with Crippen LogP contribution in [0.3, 0.4) is 0 Å². The monoisotopic (exact) mass is 472 g/mol. The van der Waals surface area contributed by atoms with Gasteiger partial charge in [0.15, 0.2) is 0 Å². The number of rotatable bonds is 7. The zero-order valence-corrected chi connectivity index (χ0v) is 18.6. The van der Waals surface area contributed by atoms with Crippen LogP contribution >= 0.6 is 0 Å². The molecule has 2 unspecified atom stereocenters. The first-order valence-electron chi connectivity index (χ1n) is 11.2. The van der Waals surface area contributed by atoms with Crippen molar-refractivity contribution in [3.8, 4) is 11.1 Å². The summed E-state index contributed by atoms with van der Waals surface area (Å²) in [7, 11) is 0. The number of aromatic amines is 1. The second-order valence-electron chi connectivity index (χ2n) is 8.55. The van der Waals surface area contributed by atoms with Crippen LogP contribution in [-0.4, -0.2) is 51.6 Å². The zero-order valence-electron chi connectivity index (χ0n) is 18.6. The van der Waals surface area contributed by atoms with Gasteiger partial charge in [0.25, 0.3) is 0 Å². The van der Waals surface area contributed by atoms with Gasteiger partial charge < -0.3 is 30.4 Å². The molecule has 5 N–H and O–H groups in total. The summed E-state index contributed by atoms with van der Waals surface area (Å²) in [4.78, 5) is 26.2. The van der Waals surface area contributed by atoms with Crippen LogP contribution in [-0.2, 0) is 4.74 Å². The van der Waals surface area contributed by atoms with Crippen molar-refractivity contribution in [3.05, 3.63) is 95.2 Å². The number of hydrogen-bond donors (Lipinski definition) is 5. The number of aromatic carboxylic acids is 1. The van der Waals surface area contributed by atoms with Gasteiger partial charge in [-0.1, -0.05) is 54.6 Å². The highest BCUT2D eigenvalue weighted by Gasteiger charge is 2.29. The summed E-state index contributed by atoms with van der Waals surface area (Å²) in [6.45, 7) is -0.0715. The lowest BCUT2D eigenvalue weighted by Crippen LogP contribution is -2.36. The fourth-order valence-corrected chi connectivity index (χ4v) is 4.62. The molecule has 0 saturated carbocycles. The number of carboxylic acids is 1. The molecule has 4 aromatic rings. The lowest BCUT2D eigenvalue weighted by atomic mass is 9.98. The summed E-state index contributed by atoms with van der Waals surface area (Å²) in [5, 5.41) is 33.1. The van der Waals surface area contributed by atoms with Gasteiger partial charge in [0, 0.05) is 23.4 Å². The third-order valence-corrected chi connectivity index (χ3v) is 6.38. The maximum Gasteiger partial charge on any atom is 0.407 e. The number of carboxylic acid groups (broad SMARTS) is 1. The molecule has 0 aliphatic heterocycles. The second kappa shape index (κ2) is 9.25. The van der Waals surface area contributed by atoms with Crippen LogP contribution in [0.15, 0.2) is 72.8 Å². The number of amides is 1. The standard InChI is InChI=1S/C27H24N2O6/c30-24(25(31)15-9-10-22-16(11-15)12-23(29-22)26(32)33)13-28-27(34)35-14-21-19-7-3-1-5-17(19)18-6-2-4-8-20(18)21/h1-12,21,24-25,29-31H,13-14H2,(H,28,34)(H,32,33). The van der Waals surface area contributed by atoms with Gasteiger partial charge in [0.1, 0.15) is 24.5 Å². The van der Waals surface area contributed by atoms with E-state index in [0.29, 0.717) is 16.5 Å². The van der Waals surface area contributed by atoms with E-state index < -0.39 is 24.3 Å². The number of aromatic nitrogens is 1. The van der Waals surface area contributed by atoms with Crippen LogP contribution < -0.4 is 5.32 Å². The number of benzene rings is 3. The highest BCUT2D eigenvalue weighted by atomic mass is 16.5. The third-order valence-electron chi connectivity index (χ3n) is 6.38. The highest BCUT2D eigenvalue weighted by Crippen LogP contribution is 2.44. The minimum absolute atomic E-state index is 0.0316. The molecule has 8 nitrogen and oxygen atoms in total. The highest BCUT2D eigenvalue weighted by molar-refractivity contribution is 5.94. The van der Waals surface area contributed by atoms with Crippen LogP contribution in [0.1, 0.15) is 39.2 Å². The summed E-state index contributed by atoms with van der Waals surface area (Å²) in [6, 6.07) is 22.3. The summed E-state index contributed by atoms with van der Waals surface area (Å²) >= 11 is 0. The van der Waals surface area contributed by atoms with E-state index in [1.165, 1.54) is 6.07 Å². The lowest BCUT2D eigenvalue weighted by Gasteiger charge is -2.19. The van der Waals surface area contributed by atoms with E-state index in [1.807, 2.05) is 36.4 Å². The minimum atomic E-state index is -1.29. The molecule has 3 aromatic carbocycles. The van der Waals surface area contributed by atoms with E-state index in [2.05, 4.69) is 22.4 Å². The average Bonchev–Trinajstić information content (AvgIpc) is 3.44. The first-order chi connectivity index (χ1) is 16.9. The Bertz CT molecular complexity index is 1370. The van der Waals surface area contributed by atoms with Gasteiger partial charge in [0.05, 0.1) is 0 Å². The lowest BCUT2D eigenvalue weighted by molar-refractivity contribution is 0.0186. The number of H-pyrrole nitrogens is 1. The summed E-state index contributed by atoms with van der Waals surface area (Å²) in [6.07, 6.45) is -3.26. The molecule has 0 bridgehead atoms. The Balaban J connectivity index is 1.18. The number of fused-ring (bicyclic) bond motifs is 4. The molecular formula is C27H24N2O6. The molecular weight excluding hydrogens is 448 g/mol.